The molecule has 32 heavy (non-hydrogen) atoms. The topological polar surface area (TPSA) is 152 Å². The Labute approximate surface area is 181 Å². The van der Waals surface area contributed by atoms with Gasteiger partial charge in [-0.25, -0.2) is 13.3 Å². The molecule has 0 unspecified atom stereocenters. The summed E-state index contributed by atoms with van der Waals surface area (Å²) in [5, 5.41) is 21.8. The molecule has 0 fully saturated rings. The lowest BCUT2D eigenvalue weighted by Crippen LogP contribution is -2.29. The third kappa shape index (κ3) is 3.32. The molecule has 1 aliphatic heterocycles. The molecule has 0 saturated heterocycles. The van der Waals surface area contributed by atoms with Crippen LogP contribution >= 0.6 is 0 Å². The SMILES string of the molecule is O=C([O-])c1ccc(N2C(=O)c3ccc(S(=O)(=O)c4ccc(C(=O)[O-])cc4)cc3C2=O)cc1. The number of aromatic carboxylic acids is 2. The van der Waals surface area contributed by atoms with Crippen molar-refractivity contribution in [2.24, 2.45) is 0 Å². The minimum Gasteiger partial charge on any atom is -0.545 e. The molecular weight excluding hydrogens is 438 g/mol. The van der Waals surface area contributed by atoms with Gasteiger partial charge in [-0.3, -0.25) is 9.59 Å². The van der Waals surface area contributed by atoms with E-state index in [1.165, 1.54) is 36.4 Å². The molecule has 0 aliphatic carbocycles. The van der Waals surface area contributed by atoms with Gasteiger partial charge in [-0.1, -0.05) is 24.3 Å². The van der Waals surface area contributed by atoms with Gasteiger partial charge in [0.25, 0.3) is 11.8 Å². The number of anilines is 1. The molecule has 0 spiro atoms. The van der Waals surface area contributed by atoms with Crippen molar-refractivity contribution in [2.45, 2.75) is 9.79 Å². The lowest BCUT2D eigenvalue weighted by molar-refractivity contribution is -0.256. The van der Waals surface area contributed by atoms with Crippen LogP contribution in [0, 0.1) is 0 Å². The van der Waals surface area contributed by atoms with Crippen molar-refractivity contribution in [3.05, 3.63) is 89.0 Å². The smallest absolute Gasteiger partial charge is 0.266 e. The van der Waals surface area contributed by atoms with Gasteiger partial charge >= 0.3 is 0 Å². The summed E-state index contributed by atoms with van der Waals surface area (Å²) in [5.74, 6) is -4.33. The minimum atomic E-state index is -4.11. The monoisotopic (exact) mass is 449 g/mol. The zero-order chi connectivity index (χ0) is 23.2. The number of hydrogen-bond donors (Lipinski definition) is 0. The highest BCUT2D eigenvalue weighted by Gasteiger charge is 2.37. The Morgan fingerprint density at radius 3 is 1.66 bits per heavy atom. The molecule has 0 N–H and O–H groups in total. The summed E-state index contributed by atoms with van der Waals surface area (Å²) in [6, 6.07) is 12.7. The maximum Gasteiger partial charge on any atom is 0.266 e. The maximum atomic E-state index is 12.9. The number of fused-ring (bicyclic) bond motifs is 1. The second kappa shape index (κ2) is 7.43. The number of nitrogens with zero attached hydrogens (tertiary/aromatic N) is 1. The van der Waals surface area contributed by atoms with Crippen molar-refractivity contribution in [1.29, 1.82) is 0 Å². The summed E-state index contributed by atoms with van der Waals surface area (Å²) >= 11 is 0. The molecule has 9 nitrogen and oxygen atoms in total. The summed E-state index contributed by atoms with van der Waals surface area (Å²) in [7, 11) is -4.11. The van der Waals surface area contributed by atoms with Gasteiger partial charge < -0.3 is 19.8 Å². The number of carboxylic acid groups (broad SMARTS) is 2. The normalized spacial score (nSPS) is 13.2. The standard InChI is InChI=1S/C22H13NO8S/c24-19-17-10-9-16(32(30,31)15-7-3-13(4-8-15)22(28)29)11-18(17)20(25)23(19)14-5-1-12(2-6-14)21(26)27/h1-11H,(H,26,27)(H,28,29)/p-2. The van der Waals surface area contributed by atoms with Crippen molar-refractivity contribution in [1.82, 2.24) is 0 Å². The van der Waals surface area contributed by atoms with Gasteiger partial charge in [-0.05, 0) is 53.6 Å². The molecule has 1 aliphatic rings. The van der Waals surface area contributed by atoms with Crippen molar-refractivity contribution in [2.75, 3.05) is 4.90 Å². The third-order valence-electron chi connectivity index (χ3n) is 4.93. The number of amides is 2. The van der Waals surface area contributed by atoms with Gasteiger partial charge in [-0.2, -0.15) is 0 Å². The molecule has 0 bridgehead atoms. The van der Waals surface area contributed by atoms with Crippen LogP contribution < -0.4 is 15.1 Å². The lowest BCUT2D eigenvalue weighted by atomic mass is 10.1. The van der Waals surface area contributed by atoms with Crippen LogP contribution in [0.5, 0.6) is 0 Å². The van der Waals surface area contributed by atoms with E-state index in [1.54, 1.807) is 0 Å². The van der Waals surface area contributed by atoms with Crippen LogP contribution in [-0.2, 0) is 9.84 Å². The maximum absolute atomic E-state index is 12.9. The van der Waals surface area contributed by atoms with Crippen LogP contribution in [0.3, 0.4) is 0 Å². The molecule has 0 radical (unpaired) electrons. The molecule has 3 aromatic rings. The zero-order valence-electron chi connectivity index (χ0n) is 16.0. The number of imide groups is 1. The molecule has 10 heteroatoms. The number of carboxylic acids is 2. The van der Waals surface area contributed by atoms with E-state index < -0.39 is 33.6 Å². The van der Waals surface area contributed by atoms with E-state index >= 15 is 0 Å². The molecule has 160 valence electrons. The van der Waals surface area contributed by atoms with Crippen LogP contribution in [0.15, 0.2) is 76.5 Å². The van der Waals surface area contributed by atoms with Crippen LogP contribution in [0.2, 0.25) is 0 Å². The highest BCUT2D eigenvalue weighted by molar-refractivity contribution is 7.91. The quantitative estimate of drug-likeness (QED) is 0.495. The van der Waals surface area contributed by atoms with Crippen molar-refractivity contribution < 1.29 is 37.8 Å². The second-order valence-electron chi connectivity index (χ2n) is 6.80. The number of sulfone groups is 1. The fourth-order valence-electron chi connectivity index (χ4n) is 3.27. The first-order chi connectivity index (χ1) is 15.1. The van der Waals surface area contributed by atoms with E-state index in [2.05, 4.69) is 0 Å². The predicted molar refractivity (Wildman–Crippen MR) is 105 cm³/mol. The average Bonchev–Trinajstić information content (AvgIpc) is 3.03. The fourth-order valence-corrected chi connectivity index (χ4v) is 4.56. The van der Waals surface area contributed by atoms with E-state index in [0.717, 1.165) is 35.2 Å². The third-order valence-corrected chi connectivity index (χ3v) is 6.70. The summed E-state index contributed by atoms with van der Waals surface area (Å²) in [6.45, 7) is 0. The summed E-state index contributed by atoms with van der Waals surface area (Å²) < 4.78 is 25.8. The first-order valence-corrected chi connectivity index (χ1v) is 10.5. The highest BCUT2D eigenvalue weighted by Crippen LogP contribution is 2.31. The lowest BCUT2D eigenvalue weighted by Gasteiger charge is -2.14. The number of hydrogen-bond acceptors (Lipinski definition) is 8. The van der Waals surface area contributed by atoms with Gasteiger partial charge in [0.2, 0.25) is 9.84 Å². The number of carbonyl (C=O) groups excluding carboxylic acids is 4. The van der Waals surface area contributed by atoms with Gasteiger partial charge in [-0.15, -0.1) is 0 Å². The van der Waals surface area contributed by atoms with Crippen LogP contribution in [0.4, 0.5) is 5.69 Å². The minimum absolute atomic E-state index is 0.00905. The molecule has 4 rings (SSSR count). The van der Waals surface area contributed by atoms with Gasteiger partial charge in [0, 0.05) is 0 Å². The predicted octanol–water partition coefficient (Wildman–Crippen LogP) is 0.0470. The molecule has 1 heterocycles. The first-order valence-electron chi connectivity index (χ1n) is 9.02. The molecular formula is C22H11NO8S-2. The van der Waals surface area contributed by atoms with Crippen molar-refractivity contribution in [3.63, 3.8) is 0 Å². The molecule has 3 aromatic carbocycles. The number of rotatable bonds is 5. The largest absolute Gasteiger partial charge is 0.545 e. The Bertz CT molecular complexity index is 1410. The summed E-state index contributed by atoms with van der Waals surface area (Å²) in [5.41, 5.74) is -0.359. The van der Waals surface area contributed by atoms with Crippen LogP contribution in [0.1, 0.15) is 41.4 Å². The van der Waals surface area contributed by atoms with E-state index in [0.29, 0.717) is 0 Å². The van der Waals surface area contributed by atoms with Crippen molar-refractivity contribution in [3.8, 4) is 0 Å². The van der Waals surface area contributed by atoms with Gasteiger partial charge in [0.15, 0.2) is 0 Å². The second-order valence-corrected chi connectivity index (χ2v) is 8.75. The first kappa shape index (κ1) is 20.9. The Hall–Kier alpha value is -4.31. The molecule has 0 atom stereocenters. The molecule has 0 aromatic heterocycles. The van der Waals surface area contributed by atoms with Crippen LogP contribution in [0.25, 0.3) is 0 Å². The summed E-state index contributed by atoms with van der Waals surface area (Å²) in [6.07, 6.45) is 0. The average molecular weight is 449 g/mol. The van der Waals surface area contributed by atoms with E-state index in [-0.39, 0.29) is 37.7 Å². The summed E-state index contributed by atoms with van der Waals surface area (Å²) in [4.78, 5) is 47.7. The number of benzene rings is 3. The van der Waals surface area contributed by atoms with Gasteiger partial charge in [0.1, 0.15) is 0 Å². The van der Waals surface area contributed by atoms with Gasteiger partial charge in [0.05, 0.1) is 38.5 Å². The van der Waals surface area contributed by atoms with Crippen molar-refractivity contribution >= 4 is 39.3 Å². The van der Waals surface area contributed by atoms with Crippen LogP contribution in [-0.4, -0.2) is 32.2 Å². The van der Waals surface area contributed by atoms with E-state index in [9.17, 15) is 37.8 Å². The Morgan fingerprint density at radius 1 is 0.656 bits per heavy atom. The Morgan fingerprint density at radius 2 is 1.12 bits per heavy atom. The van der Waals surface area contributed by atoms with E-state index in [1.807, 2.05) is 0 Å². The Balaban J connectivity index is 1.71. The highest BCUT2D eigenvalue weighted by atomic mass is 32.2. The Kier molecular flexibility index (Phi) is 4.86. The fraction of sp³-hybridized carbons (Fsp3) is 0. The number of carbonyl (C=O) groups is 4. The zero-order valence-corrected chi connectivity index (χ0v) is 16.8. The van der Waals surface area contributed by atoms with E-state index in [4.69, 9.17) is 0 Å². The molecule has 2 amide bonds. The molecule has 0 saturated carbocycles.